The van der Waals surface area contributed by atoms with Crippen molar-refractivity contribution < 1.29 is 0 Å². The number of nitrogens with one attached hydrogen (secondary N) is 1. The molecule has 0 bridgehead atoms. The van der Waals surface area contributed by atoms with E-state index >= 15 is 0 Å². The molecule has 0 spiro atoms. The third kappa shape index (κ3) is 3.52. The molecule has 1 heterocycles. The summed E-state index contributed by atoms with van der Waals surface area (Å²) in [5, 5.41) is 7.05. The molecule has 0 amide bonds. The van der Waals surface area contributed by atoms with E-state index < -0.39 is 0 Å². The van der Waals surface area contributed by atoms with E-state index in [1.165, 1.54) is 10.7 Å². The molecule has 98 valence electrons. The van der Waals surface area contributed by atoms with Gasteiger partial charge in [0.05, 0.1) is 11.2 Å². The van der Waals surface area contributed by atoms with Crippen molar-refractivity contribution in [2.24, 2.45) is 0 Å². The van der Waals surface area contributed by atoms with Gasteiger partial charge in [-0.3, -0.25) is 0 Å². The van der Waals surface area contributed by atoms with Gasteiger partial charge in [0.25, 0.3) is 0 Å². The summed E-state index contributed by atoms with van der Waals surface area (Å²) in [6.07, 6.45) is 2.23. The van der Waals surface area contributed by atoms with Gasteiger partial charge in [0.1, 0.15) is 5.01 Å². The second-order valence-corrected chi connectivity index (χ2v) is 6.76. The van der Waals surface area contributed by atoms with Crippen LogP contribution in [0.2, 0.25) is 0 Å². The van der Waals surface area contributed by atoms with Crippen molar-refractivity contribution in [3.63, 3.8) is 0 Å². The average Bonchev–Trinajstić information content (AvgIpc) is 2.75. The first-order valence-electron chi connectivity index (χ1n) is 6.55. The summed E-state index contributed by atoms with van der Waals surface area (Å²) in [7, 11) is 0. The minimum Gasteiger partial charge on any atom is -0.306 e. The summed E-state index contributed by atoms with van der Waals surface area (Å²) in [4.78, 5) is 4.83. The van der Waals surface area contributed by atoms with Gasteiger partial charge in [0.2, 0.25) is 0 Å². The fourth-order valence-electron chi connectivity index (χ4n) is 1.62. The molecule has 0 radical (unpaired) electrons. The second kappa shape index (κ2) is 5.49. The first-order chi connectivity index (χ1) is 7.83. The second-order valence-electron chi connectivity index (χ2n) is 5.90. The Morgan fingerprint density at radius 2 is 1.88 bits per heavy atom. The molecule has 17 heavy (non-hydrogen) atoms. The molecule has 2 nitrogen and oxygen atoms in total. The standard InChI is InChI=1S/C14H26N2S/c1-7-9-15-14(6,8-2)12-16-11(10-17-12)13(3,4)5/h10,15H,7-9H2,1-6H3. The van der Waals surface area contributed by atoms with Crippen molar-refractivity contribution in [1.82, 2.24) is 10.3 Å². The summed E-state index contributed by atoms with van der Waals surface area (Å²) in [5.41, 5.74) is 1.38. The molecule has 3 heteroatoms. The van der Waals surface area contributed by atoms with Crippen LogP contribution < -0.4 is 5.32 Å². The van der Waals surface area contributed by atoms with E-state index in [0.29, 0.717) is 0 Å². The molecule has 1 N–H and O–H groups in total. The van der Waals surface area contributed by atoms with Crippen LogP contribution in [0.4, 0.5) is 0 Å². The first kappa shape index (κ1) is 14.7. The monoisotopic (exact) mass is 254 g/mol. The maximum absolute atomic E-state index is 4.83. The Bertz CT molecular complexity index is 351. The maximum Gasteiger partial charge on any atom is 0.113 e. The van der Waals surface area contributed by atoms with Crippen LogP contribution in [0.5, 0.6) is 0 Å². The number of thiazole rings is 1. The topological polar surface area (TPSA) is 24.9 Å². The van der Waals surface area contributed by atoms with E-state index in [2.05, 4.69) is 52.2 Å². The first-order valence-corrected chi connectivity index (χ1v) is 7.43. The lowest BCUT2D eigenvalue weighted by Crippen LogP contribution is -2.39. The van der Waals surface area contributed by atoms with E-state index in [1.54, 1.807) is 11.3 Å². The highest BCUT2D eigenvalue weighted by Gasteiger charge is 2.28. The van der Waals surface area contributed by atoms with E-state index in [1.807, 2.05) is 0 Å². The van der Waals surface area contributed by atoms with Gasteiger partial charge < -0.3 is 5.32 Å². The number of hydrogen-bond donors (Lipinski definition) is 1. The van der Waals surface area contributed by atoms with E-state index in [9.17, 15) is 0 Å². The van der Waals surface area contributed by atoms with Crippen molar-refractivity contribution in [3.8, 4) is 0 Å². The molecule has 0 aliphatic rings. The lowest BCUT2D eigenvalue weighted by Gasteiger charge is -2.27. The van der Waals surface area contributed by atoms with Crippen LogP contribution in [-0.2, 0) is 11.0 Å². The zero-order chi connectivity index (χ0) is 13.1. The molecule has 0 saturated carbocycles. The Labute approximate surface area is 110 Å². The fraction of sp³-hybridized carbons (Fsp3) is 0.786. The Kier molecular flexibility index (Phi) is 4.73. The van der Waals surface area contributed by atoms with E-state index in [0.717, 1.165) is 19.4 Å². The molecule has 1 atom stereocenters. The molecule has 1 unspecified atom stereocenters. The maximum atomic E-state index is 4.83. The minimum atomic E-state index is 0.0319. The quantitative estimate of drug-likeness (QED) is 0.857. The summed E-state index contributed by atoms with van der Waals surface area (Å²) in [6.45, 7) is 14.4. The van der Waals surface area contributed by atoms with E-state index in [4.69, 9.17) is 4.98 Å². The summed E-state index contributed by atoms with van der Waals surface area (Å²) in [6, 6.07) is 0. The Morgan fingerprint density at radius 1 is 1.24 bits per heavy atom. The van der Waals surface area contributed by atoms with Crippen molar-refractivity contribution in [1.29, 1.82) is 0 Å². The Morgan fingerprint density at radius 3 is 2.29 bits per heavy atom. The average molecular weight is 254 g/mol. The van der Waals surface area contributed by atoms with Gasteiger partial charge >= 0.3 is 0 Å². The number of aromatic nitrogens is 1. The molecule has 1 rings (SSSR count). The third-order valence-corrected chi connectivity index (χ3v) is 4.32. The summed E-state index contributed by atoms with van der Waals surface area (Å²) >= 11 is 1.78. The lowest BCUT2D eigenvalue weighted by molar-refractivity contribution is 0.351. The van der Waals surface area contributed by atoms with Crippen LogP contribution in [0, 0.1) is 0 Å². The molecule has 0 aliphatic heterocycles. The van der Waals surface area contributed by atoms with Gasteiger partial charge in [0.15, 0.2) is 0 Å². The van der Waals surface area contributed by atoms with Crippen LogP contribution in [-0.4, -0.2) is 11.5 Å². The largest absolute Gasteiger partial charge is 0.306 e. The number of hydrogen-bond acceptors (Lipinski definition) is 3. The van der Waals surface area contributed by atoms with Crippen LogP contribution in [0.15, 0.2) is 5.38 Å². The zero-order valence-electron chi connectivity index (χ0n) is 12.1. The highest BCUT2D eigenvalue weighted by molar-refractivity contribution is 7.09. The predicted octanol–water partition coefficient (Wildman–Crippen LogP) is 4.07. The summed E-state index contributed by atoms with van der Waals surface area (Å²) in [5.74, 6) is 0. The van der Waals surface area contributed by atoms with Gasteiger partial charge in [0, 0.05) is 10.8 Å². The van der Waals surface area contributed by atoms with Crippen LogP contribution in [0.3, 0.4) is 0 Å². The molecular weight excluding hydrogens is 228 g/mol. The van der Waals surface area contributed by atoms with E-state index in [-0.39, 0.29) is 11.0 Å². The van der Waals surface area contributed by atoms with Crippen LogP contribution >= 0.6 is 11.3 Å². The van der Waals surface area contributed by atoms with Gasteiger partial charge in [-0.05, 0) is 26.3 Å². The lowest BCUT2D eigenvalue weighted by atomic mass is 9.93. The smallest absolute Gasteiger partial charge is 0.113 e. The van der Waals surface area contributed by atoms with Crippen LogP contribution in [0.25, 0.3) is 0 Å². The zero-order valence-corrected chi connectivity index (χ0v) is 12.9. The summed E-state index contributed by atoms with van der Waals surface area (Å²) < 4.78 is 0. The number of rotatable bonds is 5. The van der Waals surface area contributed by atoms with Crippen molar-refractivity contribution in [3.05, 3.63) is 16.1 Å². The highest BCUT2D eigenvalue weighted by Crippen LogP contribution is 2.31. The molecule has 0 aliphatic carbocycles. The normalized spacial score (nSPS) is 15.9. The van der Waals surface area contributed by atoms with Crippen LogP contribution in [0.1, 0.15) is 65.1 Å². The molecule has 0 fully saturated rings. The van der Waals surface area contributed by atoms with Gasteiger partial charge in [-0.2, -0.15) is 0 Å². The van der Waals surface area contributed by atoms with Gasteiger partial charge in [-0.1, -0.05) is 34.6 Å². The molecule has 0 saturated heterocycles. The molecule has 0 aromatic carbocycles. The third-order valence-electron chi connectivity index (χ3n) is 3.22. The molecular formula is C14H26N2S. The van der Waals surface area contributed by atoms with Crippen molar-refractivity contribution in [2.45, 2.75) is 65.3 Å². The van der Waals surface area contributed by atoms with Crippen molar-refractivity contribution in [2.75, 3.05) is 6.54 Å². The van der Waals surface area contributed by atoms with Gasteiger partial charge in [-0.25, -0.2) is 4.98 Å². The Hall–Kier alpha value is -0.410. The fourth-order valence-corrected chi connectivity index (χ4v) is 2.88. The van der Waals surface area contributed by atoms with Crippen molar-refractivity contribution >= 4 is 11.3 Å². The molecule has 1 aromatic rings. The number of nitrogens with zero attached hydrogens (tertiary/aromatic N) is 1. The minimum absolute atomic E-state index is 0.0319. The molecule has 1 aromatic heterocycles. The Balaban J connectivity index is 2.93. The predicted molar refractivity (Wildman–Crippen MR) is 76.8 cm³/mol. The highest BCUT2D eigenvalue weighted by atomic mass is 32.1. The van der Waals surface area contributed by atoms with Gasteiger partial charge in [-0.15, -0.1) is 11.3 Å². The SMILES string of the molecule is CCCNC(C)(CC)c1nc(C(C)(C)C)cs1.